The highest BCUT2D eigenvalue weighted by Gasteiger charge is 2.05. The van der Waals surface area contributed by atoms with Crippen LogP contribution >= 0.6 is 0 Å². The Morgan fingerprint density at radius 1 is 0.733 bits per heavy atom. The minimum Gasteiger partial charge on any atom is -0.385 e. The Balaban J connectivity index is 3.27. The molecule has 0 rings (SSSR count). The molecule has 2 atom stereocenters. The van der Waals surface area contributed by atoms with Crippen molar-refractivity contribution in [3.63, 3.8) is 0 Å². The van der Waals surface area contributed by atoms with Crippen LogP contribution in [0.4, 0.5) is 0 Å². The van der Waals surface area contributed by atoms with Crippen LogP contribution in [-0.4, -0.2) is 27.4 Å². The molecule has 0 aliphatic rings. The Bertz CT molecular complexity index is 112. The summed E-state index contributed by atoms with van der Waals surface area (Å²) in [5.41, 5.74) is 0. The molecule has 0 heterocycles. The van der Waals surface area contributed by atoms with E-state index < -0.39 is 0 Å². The van der Waals surface area contributed by atoms with Gasteiger partial charge in [-0.2, -0.15) is 0 Å². The van der Waals surface area contributed by atoms with Gasteiger partial charge in [0.2, 0.25) is 0 Å². The normalized spacial score (nSPS) is 15.2. The topological polar surface area (TPSA) is 18.5 Å². The van der Waals surface area contributed by atoms with Crippen molar-refractivity contribution in [3.8, 4) is 0 Å². The van der Waals surface area contributed by atoms with E-state index in [1.165, 1.54) is 32.1 Å². The lowest BCUT2D eigenvalue weighted by molar-refractivity contribution is 0.172. The summed E-state index contributed by atoms with van der Waals surface area (Å²) in [5.74, 6) is 1.61. The van der Waals surface area contributed by atoms with Crippen LogP contribution in [-0.2, 0) is 9.47 Å². The van der Waals surface area contributed by atoms with Crippen LogP contribution in [0.2, 0.25) is 0 Å². The van der Waals surface area contributed by atoms with Gasteiger partial charge in [-0.05, 0) is 24.7 Å². The fourth-order valence-electron chi connectivity index (χ4n) is 1.74. The second-order valence-corrected chi connectivity index (χ2v) is 4.70. The van der Waals surface area contributed by atoms with E-state index in [2.05, 4.69) is 13.8 Å². The fourth-order valence-corrected chi connectivity index (χ4v) is 1.74. The average Bonchev–Trinajstić information content (AvgIpc) is 2.23. The molecule has 0 aliphatic heterocycles. The molecule has 15 heavy (non-hydrogen) atoms. The smallest absolute Gasteiger partial charge is 0.0464 e. The lowest BCUT2D eigenvalue weighted by Crippen LogP contribution is -2.03. The molecule has 0 saturated heterocycles. The van der Waals surface area contributed by atoms with E-state index in [0.29, 0.717) is 0 Å². The molecule has 0 aromatic heterocycles. The molecule has 0 saturated carbocycles. The summed E-state index contributed by atoms with van der Waals surface area (Å²) in [6, 6.07) is 0. The highest BCUT2D eigenvalue weighted by atomic mass is 16.5. The van der Waals surface area contributed by atoms with Gasteiger partial charge < -0.3 is 9.47 Å². The van der Waals surface area contributed by atoms with Crippen molar-refractivity contribution < 1.29 is 9.47 Å². The quantitative estimate of drug-likeness (QED) is 0.556. The Morgan fingerprint density at radius 2 is 1.13 bits per heavy atom. The lowest BCUT2D eigenvalue weighted by Gasteiger charge is -2.13. The Kier molecular flexibility index (Phi) is 10.4. The van der Waals surface area contributed by atoms with Crippen molar-refractivity contribution in [3.05, 3.63) is 0 Å². The van der Waals surface area contributed by atoms with Gasteiger partial charge in [0.15, 0.2) is 0 Å². The molecule has 92 valence electrons. The molecule has 0 N–H and O–H groups in total. The Labute approximate surface area is 95.3 Å². The van der Waals surface area contributed by atoms with Crippen LogP contribution in [0.25, 0.3) is 0 Å². The maximum atomic E-state index is 5.08. The molecular weight excluding hydrogens is 188 g/mol. The van der Waals surface area contributed by atoms with E-state index in [1.807, 2.05) is 0 Å². The van der Waals surface area contributed by atoms with Gasteiger partial charge >= 0.3 is 0 Å². The predicted octanol–water partition coefficient (Wildman–Crippen LogP) is 3.50. The van der Waals surface area contributed by atoms with Gasteiger partial charge in [0.05, 0.1) is 0 Å². The minimum absolute atomic E-state index is 0.805. The van der Waals surface area contributed by atoms with Crippen molar-refractivity contribution >= 4 is 0 Å². The predicted molar refractivity (Wildman–Crippen MR) is 65.2 cm³/mol. The van der Waals surface area contributed by atoms with Crippen molar-refractivity contribution in [2.45, 2.75) is 46.0 Å². The average molecular weight is 216 g/mol. The van der Waals surface area contributed by atoms with Gasteiger partial charge in [-0.1, -0.05) is 33.1 Å². The van der Waals surface area contributed by atoms with E-state index >= 15 is 0 Å². The van der Waals surface area contributed by atoms with Crippen LogP contribution in [0.5, 0.6) is 0 Å². The van der Waals surface area contributed by atoms with Crippen molar-refractivity contribution in [2.75, 3.05) is 27.4 Å². The number of hydrogen-bond acceptors (Lipinski definition) is 2. The molecule has 0 aromatic carbocycles. The summed E-state index contributed by atoms with van der Waals surface area (Å²) in [6.45, 7) is 6.44. The highest BCUT2D eigenvalue weighted by Crippen LogP contribution is 2.17. The minimum atomic E-state index is 0.805. The molecular formula is C13H28O2. The third-order valence-corrected chi connectivity index (χ3v) is 3.02. The molecule has 0 radical (unpaired) electrons. The number of methoxy groups -OCH3 is 2. The summed E-state index contributed by atoms with van der Waals surface area (Å²) in [6.07, 6.45) is 6.41. The van der Waals surface area contributed by atoms with Crippen molar-refractivity contribution in [2.24, 2.45) is 11.8 Å². The first-order chi connectivity index (χ1) is 7.20. The SMILES string of the molecule is COCCC(C)CCCC(C)CCOC. The molecule has 2 unspecified atom stereocenters. The van der Waals surface area contributed by atoms with Gasteiger partial charge in [0, 0.05) is 27.4 Å². The van der Waals surface area contributed by atoms with Gasteiger partial charge in [0.1, 0.15) is 0 Å². The Hall–Kier alpha value is -0.0800. The molecule has 0 aliphatic carbocycles. The summed E-state index contributed by atoms with van der Waals surface area (Å²) in [5, 5.41) is 0. The van der Waals surface area contributed by atoms with Crippen LogP contribution in [0.15, 0.2) is 0 Å². The second kappa shape index (κ2) is 10.4. The first-order valence-corrected chi connectivity index (χ1v) is 6.18. The molecule has 0 bridgehead atoms. The van der Waals surface area contributed by atoms with E-state index in [-0.39, 0.29) is 0 Å². The fraction of sp³-hybridized carbons (Fsp3) is 1.00. The standard InChI is InChI=1S/C13H28O2/c1-12(8-10-14-3)6-5-7-13(2)9-11-15-4/h12-13H,5-11H2,1-4H3. The van der Waals surface area contributed by atoms with Gasteiger partial charge in [-0.15, -0.1) is 0 Å². The van der Waals surface area contributed by atoms with E-state index in [9.17, 15) is 0 Å². The van der Waals surface area contributed by atoms with Crippen LogP contribution in [0.3, 0.4) is 0 Å². The van der Waals surface area contributed by atoms with E-state index in [4.69, 9.17) is 9.47 Å². The molecule has 2 heteroatoms. The summed E-state index contributed by atoms with van der Waals surface area (Å²) < 4.78 is 10.2. The van der Waals surface area contributed by atoms with Crippen molar-refractivity contribution in [1.29, 1.82) is 0 Å². The number of hydrogen-bond donors (Lipinski definition) is 0. The van der Waals surface area contributed by atoms with E-state index in [0.717, 1.165) is 25.0 Å². The van der Waals surface area contributed by atoms with Gasteiger partial charge in [-0.25, -0.2) is 0 Å². The number of ether oxygens (including phenoxy) is 2. The maximum absolute atomic E-state index is 5.08. The van der Waals surface area contributed by atoms with Crippen LogP contribution in [0.1, 0.15) is 46.0 Å². The zero-order chi connectivity index (χ0) is 11.5. The van der Waals surface area contributed by atoms with Crippen molar-refractivity contribution in [1.82, 2.24) is 0 Å². The monoisotopic (exact) mass is 216 g/mol. The van der Waals surface area contributed by atoms with E-state index in [1.54, 1.807) is 14.2 Å². The molecule has 0 aromatic rings. The Morgan fingerprint density at radius 3 is 1.47 bits per heavy atom. The zero-order valence-electron chi connectivity index (χ0n) is 10.9. The zero-order valence-corrected chi connectivity index (χ0v) is 10.9. The summed E-state index contributed by atoms with van der Waals surface area (Å²) in [4.78, 5) is 0. The van der Waals surface area contributed by atoms with Gasteiger partial charge in [0.25, 0.3) is 0 Å². The maximum Gasteiger partial charge on any atom is 0.0464 e. The third kappa shape index (κ3) is 10.2. The highest BCUT2D eigenvalue weighted by molar-refractivity contribution is 4.57. The first kappa shape index (κ1) is 14.9. The number of rotatable bonds is 10. The van der Waals surface area contributed by atoms with Crippen LogP contribution < -0.4 is 0 Å². The second-order valence-electron chi connectivity index (χ2n) is 4.70. The molecule has 2 nitrogen and oxygen atoms in total. The van der Waals surface area contributed by atoms with Gasteiger partial charge in [-0.3, -0.25) is 0 Å². The summed E-state index contributed by atoms with van der Waals surface area (Å²) >= 11 is 0. The lowest BCUT2D eigenvalue weighted by atomic mass is 9.95. The molecule has 0 fully saturated rings. The third-order valence-electron chi connectivity index (χ3n) is 3.02. The largest absolute Gasteiger partial charge is 0.385 e. The summed E-state index contributed by atoms with van der Waals surface area (Å²) in [7, 11) is 3.55. The van der Waals surface area contributed by atoms with Crippen LogP contribution in [0, 0.1) is 11.8 Å². The first-order valence-electron chi connectivity index (χ1n) is 6.18. The molecule has 0 spiro atoms. The molecule has 0 amide bonds.